The van der Waals surface area contributed by atoms with Crippen molar-refractivity contribution < 1.29 is 27.6 Å². The molecule has 0 spiro atoms. The molecule has 1 heterocycles. The number of nitrogens with zero attached hydrogens (tertiary/aromatic N) is 1. The zero-order valence-electron chi connectivity index (χ0n) is 13.9. The maximum absolute atomic E-state index is 12.5. The highest BCUT2D eigenvalue weighted by Gasteiger charge is 2.16. The van der Waals surface area contributed by atoms with Crippen molar-refractivity contribution in [2.45, 2.75) is 6.61 Å². The minimum absolute atomic E-state index is 0.0112. The summed E-state index contributed by atoms with van der Waals surface area (Å²) in [7, 11) is 1.32. The van der Waals surface area contributed by atoms with Crippen LogP contribution in [0, 0.1) is 0 Å². The summed E-state index contributed by atoms with van der Waals surface area (Å²) in [6.45, 7) is -3.03. The summed E-state index contributed by atoms with van der Waals surface area (Å²) in [5.74, 6) is -0.317. The average Bonchev–Trinajstić information content (AvgIpc) is 3.12. The SMILES string of the molecule is COc1ccc(NC(=O)c2cc(-c3cccc(Cl)c3)on2)cc1OC(F)F. The molecule has 1 N–H and O–H groups in total. The Morgan fingerprint density at radius 2 is 2.00 bits per heavy atom. The Morgan fingerprint density at radius 3 is 2.70 bits per heavy atom. The minimum atomic E-state index is -3.03. The maximum atomic E-state index is 12.5. The van der Waals surface area contributed by atoms with Crippen LogP contribution in [0.2, 0.25) is 5.02 Å². The Morgan fingerprint density at radius 1 is 1.19 bits per heavy atom. The number of carbonyl (C=O) groups excluding carboxylic acids is 1. The summed E-state index contributed by atoms with van der Waals surface area (Å²) < 4.78 is 39.5. The summed E-state index contributed by atoms with van der Waals surface area (Å²) >= 11 is 5.93. The molecule has 3 aromatic rings. The first-order valence-electron chi connectivity index (χ1n) is 7.63. The highest BCUT2D eigenvalue weighted by molar-refractivity contribution is 6.30. The standard InChI is InChI=1S/C18H13ClF2N2O4/c1-25-14-6-5-12(8-16(14)26-18(20)21)22-17(24)13-9-15(27-23-13)10-3-2-4-11(19)7-10/h2-9,18H,1H3,(H,22,24). The Kier molecular flexibility index (Phi) is 5.56. The number of amides is 1. The molecule has 140 valence electrons. The summed E-state index contributed by atoms with van der Waals surface area (Å²) in [5.41, 5.74) is 0.895. The highest BCUT2D eigenvalue weighted by Crippen LogP contribution is 2.32. The van der Waals surface area contributed by atoms with Crippen molar-refractivity contribution in [3.63, 3.8) is 0 Å². The molecule has 0 aliphatic heterocycles. The minimum Gasteiger partial charge on any atom is -0.493 e. The lowest BCUT2D eigenvalue weighted by molar-refractivity contribution is -0.0511. The maximum Gasteiger partial charge on any atom is 0.387 e. The zero-order valence-corrected chi connectivity index (χ0v) is 14.7. The molecule has 0 bridgehead atoms. The Hall–Kier alpha value is -3.13. The molecule has 0 radical (unpaired) electrons. The fourth-order valence-corrected chi connectivity index (χ4v) is 2.49. The van der Waals surface area contributed by atoms with Crippen LogP contribution in [0.4, 0.5) is 14.5 Å². The number of halogens is 3. The van der Waals surface area contributed by atoms with Crippen LogP contribution in [0.3, 0.4) is 0 Å². The summed E-state index contributed by atoms with van der Waals surface area (Å²) in [6, 6.07) is 12.4. The fourth-order valence-electron chi connectivity index (χ4n) is 2.30. The van der Waals surface area contributed by atoms with Crippen LogP contribution in [0.1, 0.15) is 10.5 Å². The van der Waals surface area contributed by atoms with Crippen LogP contribution < -0.4 is 14.8 Å². The van der Waals surface area contributed by atoms with Gasteiger partial charge in [-0.25, -0.2) is 0 Å². The first-order chi connectivity index (χ1) is 13.0. The van der Waals surface area contributed by atoms with Crippen molar-refractivity contribution in [1.82, 2.24) is 5.16 Å². The van der Waals surface area contributed by atoms with Gasteiger partial charge in [-0.1, -0.05) is 28.9 Å². The lowest BCUT2D eigenvalue weighted by atomic mass is 10.1. The molecule has 0 saturated carbocycles. The molecule has 0 atom stereocenters. The largest absolute Gasteiger partial charge is 0.493 e. The van der Waals surface area contributed by atoms with Gasteiger partial charge in [-0.05, 0) is 24.3 Å². The summed E-state index contributed by atoms with van der Waals surface area (Å²) in [6.07, 6.45) is 0. The molecule has 9 heteroatoms. The molecule has 0 fully saturated rings. The number of anilines is 1. The van der Waals surface area contributed by atoms with Crippen LogP contribution in [0.25, 0.3) is 11.3 Å². The molecule has 3 rings (SSSR count). The Balaban J connectivity index is 1.78. The van der Waals surface area contributed by atoms with Crippen molar-refractivity contribution in [2.24, 2.45) is 0 Å². The van der Waals surface area contributed by atoms with Gasteiger partial charge in [0.2, 0.25) is 0 Å². The second-order valence-corrected chi connectivity index (χ2v) is 5.72. The van der Waals surface area contributed by atoms with Crippen LogP contribution >= 0.6 is 11.6 Å². The Labute approximate surface area is 157 Å². The van der Waals surface area contributed by atoms with Crippen LogP contribution in [-0.2, 0) is 0 Å². The van der Waals surface area contributed by atoms with E-state index < -0.39 is 12.5 Å². The van der Waals surface area contributed by atoms with Gasteiger partial charge >= 0.3 is 6.61 Å². The van der Waals surface area contributed by atoms with E-state index >= 15 is 0 Å². The van der Waals surface area contributed by atoms with Gasteiger partial charge in [0.25, 0.3) is 5.91 Å². The van der Waals surface area contributed by atoms with E-state index in [0.717, 1.165) is 0 Å². The molecule has 0 aliphatic carbocycles. The van der Waals surface area contributed by atoms with E-state index in [1.165, 1.54) is 31.4 Å². The normalized spacial score (nSPS) is 10.7. The number of hydrogen-bond donors (Lipinski definition) is 1. The van der Waals surface area contributed by atoms with Gasteiger partial charge in [0, 0.05) is 28.4 Å². The predicted octanol–water partition coefficient (Wildman–Crippen LogP) is 4.86. The second kappa shape index (κ2) is 8.05. The topological polar surface area (TPSA) is 73.6 Å². The number of benzene rings is 2. The van der Waals surface area contributed by atoms with Gasteiger partial charge in [-0.15, -0.1) is 0 Å². The molecular weight excluding hydrogens is 382 g/mol. The van der Waals surface area contributed by atoms with E-state index in [1.54, 1.807) is 24.3 Å². The smallest absolute Gasteiger partial charge is 0.387 e. The number of nitrogens with one attached hydrogen (secondary N) is 1. The third kappa shape index (κ3) is 4.53. The summed E-state index contributed by atoms with van der Waals surface area (Å²) in [4.78, 5) is 12.3. The van der Waals surface area contributed by atoms with Gasteiger partial charge in [0.05, 0.1) is 7.11 Å². The number of ether oxygens (including phenoxy) is 2. The molecule has 6 nitrogen and oxygen atoms in total. The monoisotopic (exact) mass is 394 g/mol. The van der Waals surface area contributed by atoms with Crippen molar-refractivity contribution in [1.29, 1.82) is 0 Å². The van der Waals surface area contributed by atoms with Crippen molar-refractivity contribution >= 4 is 23.2 Å². The lowest BCUT2D eigenvalue weighted by Gasteiger charge is -2.11. The molecular formula is C18H13ClF2N2O4. The Bertz CT molecular complexity index is 962. The molecule has 2 aromatic carbocycles. The molecule has 0 unspecified atom stereocenters. The summed E-state index contributed by atoms with van der Waals surface area (Å²) in [5, 5.41) is 6.76. The number of rotatable bonds is 6. The van der Waals surface area contributed by atoms with E-state index in [4.69, 9.17) is 20.9 Å². The van der Waals surface area contributed by atoms with Crippen molar-refractivity contribution in [2.75, 3.05) is 12.4 Å². The van der Waals surface area contributed by atoms with Crippen LogP contribution in [-0.4, -0.2) is 24.8 Å². The van der Waals surface area contributed by atoms with E-state index in [2.05, 4.69) is 15.2 Å². The van der Waals surface area contributed by atoms with Crippen LogP contribution in [0.5, 0.6) is 11.5 Å². The highest BCUT2D eigenvalue weighted by atomic mass is 35.5. The van der Waals surface area contributed by atoms with Crippen LogP contribution in [0.15, 0.2) is 53.1 Å². The van der Waals surface area contributed by atoms with E-state index in [-0.39, 0.29) is 22.9 Å². The molecule has 0 saturated heterocycles. The number of carbonyl (C=O) groups is 1. The quantitative estimate of drug-likeness (QED) is 0.646. The second-order valence-electron chi connectivity index (χ2n) is 5.29. The van der Waals surface area contributed by atoms with Gasteiger partial charge in [-0.3, -0.25) is 4.79 Å². The molecule has 27 heavy (non-hydrogen) atoms. The molecule has 1 amide bonds. The van der Waals surface area contributed by atoms with Gasteiger partial charge < -0.3 is 19.3 Å². The first kappa shape index (κ1) is 18.7. The number of hydrogen-bond acceptors (Lipinski definition) is 5. The van der Waals surface area contributed by atoms with E-state index in [1.807, 2.05) is 0 Å². The third-order valence-corrected chi connectivity index (χ3v) is 3.72. The number of aromatic nitrogens is 1. The molecule has 1 aromatic heterocycles. The molecule has 0 aliphatic rings. The van der Waals surface area contributed by atoms with Crippen molar-refractivity contribution in [3.8, 4) is 22.8 Å². The van der Waals surface area contributed by atoms with E-state index in [9.17, 15) is 13.6 Å². The number of alkyl halides is 2. The predicted molar refractivity (Wildman–Crippen MR) is 94.5 cm³/mol. The van der Waals surface area contributed by atoms with Crippen molar-refractivity contribution in [3.05, 3.63) is 59.2 Å². The van der Waals surface area contributed by atoms with Gasteiger partial charge in [0.15, 0.2) is 23.0 Å². The average molecular weight is 395 g/mol. The fraction of sp³-hybridized carbons (Fsp3) is 0.111. The van der Waals surface area contributed by atoms with E-state index in [0.29, 0.717) is 16.3 Å². The zero-order chi connectivity index (χ0) is 19.4. The lowest BCUT2D eigenvalue weighted by Crippen LogP contribution is -2.12. The number of methoxy groups -OCH3 is 1. The first-order valence-corrected chi connectivity index (χ1v) is 8.01. The van der Waals surface area contributed by atoms with Gasteiger partial charge in [0.1, 0.15) is 0 Å². The third-order valence-electron chi connectivity index (χ3n) is 3.49. The van der Waals surface area contributed by atoms with Gasteiger partial charge in [-0.2, -0.15) is 8.78 Å².